The highest BCUT2D eigenvalue weighted by molar-refractivity contribution is 14.1. The normalized spacial score (nSPS) is 11.2. The number of esters is 1. The monoisotopic (exact) mass is 731 g/mol. The van der Waals surface area contributed by atoms with Crippen molar-refractivity contribution in [2.24, 2.45) is 5.10 Å². The Kier molecular flexibility index (Phi) is 8.37. The molecule has 5 aromatic rings. The predicted molar refractivity (Wildman–Crippen MR) is 167 cm³/mol. The van der Waals surface area contributed by atoms with Crippen molar-refractivity contribution >= 4 is 90.7 Å². The molecule has 0 bridgehead atoms. The minimum absolute atomic E-state index is 0.169. The minimum atomic E-state index is -0.655. The zero-order chi connectivity index (χ0) is 27.5. The fourth-order valence-electron chi connectivity index (χ4n) is 4.00. The summed E-state index contributed by atoms with van der Waals surface area (Å²) in [5.74, 6) is -0.839. The molecular weight excluding hydrogens is 716 g/mol. The summed E-state index contributed by atoms with van der Waals surface area (Å²) in [5.41, 5.74) is 6.16. The van der Waals surface area contributed by atoms with Crippen LogP contribution in [0.3, 0.4) is 0 Å². The summed E-state index contributed by atoms with van der Waals surface area (Å²) in [5, 5.41) is 5.67. The Bertz CT molecular complexity index is 1760. The van der Waals surface area contributed by atoms with E-state index in [0.29, 0.717) is 16.3 Å². The third kappa shape index (κ3) is 6.04. The quantitative estimate of drug-likeness (QED) is 0.0604. The molecule has 5 rings (SSSR count). The van der Waals surface area contributed by atoms with Gasteiger partial charge in [-0.2, -0.15) is 5.10 Å². The summed E-state index contributed by atoms with van der Waals surface area (Å²) in [6.07, 6.45) is 1.41. The number of halogens is 4. The maximum atomic E-state index is 13.3. The molecule has 0 aliphatic carbocycles. The summed E-state index contributed by atoms with van der Waals surface area (Å²) in [4.78, 5) is 29.3. The molecule has 0 unspecified atom stereocenters. The first-order valence-corrected chi connectivity index (χ1v) is 14.1. The van der Waals surface area contributed by atoms with Gasteiger partial charge in [0.1, 0.15) is 11.4 Å². The van der Waals surface area contributed by atoms with Gasteiger partial charge in [-0.15, -0.1) is 0 Å². The van der Waals surface area contributed by atoms with Gasteiger partial charge in [0, 0.05) is 29.6 Å². The number of rotatable bonds is 6. The van der Waals surface area contributed by atoms with Crippen LogP contribution < -0.4 is 10.2 Å². The van der Waals surface area contributed by atoms with E-state index in [4.69, 9.17) is 27.9 Å². The van der Waals surface area contributed by atoms with Crippen LogP contribution in [0.5, 0.6) is 5.75 Å². The number of aromatic nitrogens is 1. The van der Waals surface area contributed by atoms with Crippen LogP contribution in [-0.4, -0.2) is 23.1 Å². The number of carbonyl (C=O) groups excluding carboxylic acids is 2. The molecule has 2 N–H and O–H groups in total. The third-order valence-corrected chi connectivity index (χ3v) is 7.71. The van der Waals surface area contributed by atoms with Crippen LogP contribution >= 0.6 is 61.7 Å². The second kappa shape index (κ2) is 11.9. The van der Waals surface area contributed by atoms with E-state index in [-0.39, 0.29) is 16.3 Å². The van der Waals surface area contributed by atoms with Crippen LogP contribution in [0.4, 0.5) is 0 Å². The van der Waals surface area contributed by atoms with E-state index in [9.17, 15) is 9.59 Å². The molecular formula is C29H17BrCl2IN3O3. The average Bonchev–Trinajstić information content (AvgIpc) is 3.31. The molecule has 1 amide bonds. The molecule has 0 saturated heterocycles. The van der Waals surface area contributed by atoms with Crippen LogP contribution in [0.25, 0.3) is 22.0 Å². The van der Waals surface area contributed by atoms with Crippen LogP contribution in [0, 0.1) is 3.57 Å². The van der Waals surface area contributed by atoms with E-state index in [2.05, 4.69) is 54.0 Å². The van der Waals surface area contributed by atoms with Gasteiger partial charge in [0.15, 0.2) is 0 Å². The van der Waals surface area contributed by atoms with Crippen molar-refractivity contribution in [3.8, 4) is 16.9 Å². The smallest absolute Gasteiger partial charge is 0.345 e. The summed E-state index contributed by atoms with van der Waals surface area (Å²) in [6, 6.07) is 25.2. The lowest BCUT2D eigenvalue weighted by molar-refractivity contribution is 0.0734. The second-order valence-electron chi connectivity index (χ2n) is 8.30. The Labute approximate surface area is 255 Å². The van der Waals surface area contributed by atoms with Gasteiger partial charge < -0.3 is 9.72 Å². The van der Waals surface area contributed by atoms with Gasteiger partial charge in [0.2, 0.25) is 0 Å². The van der Waals surface area contributed by atoms with Gasteiger partial charge in [0.05, 0.1) is 22.3 Å². The zero-order valence-corrected chi connectivity index (χ0v) is 25.1. The zero-order valence-electron chi connectivity index (χ0n) is 19.8. The maximum Gasteiger partial charge on any atom is 0.345 e. The first-order chi connectivity index (χ1) is 18.8. The van der Waals surface area contributed by atoms with E-state index in [0.717, 1.165) is 30.1 Å². The molecule has 194 valence electrons. The number of benzene rings is 4. The van der Waals surface area contributed by atoms with E-state index >= 15 is 0 Å². The van der Waals surface area contributed by atoms with Crippen LogP contribution in [0.15, 0.2) is 94.5 Å². The number of fused-ring (bicyclic) bond motifs is 1. The molecule has 0 fully saturated rings. The highest BCUT2D eigenvalue weighted by Gasteiger charge is 2.20. The number of H-pyrrole nitrogens is 1. The number of carbonyl (C=O) groups is 2. The molecule has 39 heavy (non-hydrogen) atoms. The SMILES string of the molecule is O=C(Oc1ccc(Br)cc1C=NNC(=O)c1[nH]c2c(I)cccc2c1-c1ccccc1)c1ccc(Cl)cc1Cl. The number of aromatic amines is 1. The van der Waals surface area contributed by atoms with Crippen LogP contribution in [0.2, 0.25) is 10.0 Å². The van der Waals surface area contributed by atoms with Crippen LogP contribution in [-0.2, 0) is 0 Å². The number of nitrogens with zero attached hydrogens (tertiary/aromatic N) is 1. The van der Waals surface area contributed by atoms with E-state index < -0.39 is 11.9 Å². The molecule has 4 aromatic carbocycles. The average molecular weight is 733 g/mol. The lowest BCUT2D eigenvalue weighted by Gasteiger charge is -2.09. The largest absolute Gasteiger partial charge is 0.422 e. The lowest BCUT2D eigenvalue weighted by atomic mass is 10.0. The van der Waals surface area contributed by atoms with Gasteiger partial charge in [-0.05, 0) is 70.6 Å². The molecule has 0 atom stereocenters. The number of hydrogen-bond donors (Lipinski definition) is 2. The number of amides is 1. The van der Waals surface area contributed by atoms with Crippen LogP contribution in [0.1, 0.15) is 26.4 Å². The molecule has 6 nitrogen and oxygen atoms in total. The molecule has 0 aliphatic heterocycles. The second-order valence-corrected chi connectivity index (χ2v) is 11.2. The van der Waals surface area contributed by atoms with Crippen molar-refractivity contribution in [1.29, 1.82) is 0 Å². The molecule has 1 heterocycles. The van der Waals surface area contributed by atoms with E-state index in [1.54, 1.807) is 24.3 Å². The minimum Gasteiger partial charge on any atom is -0.422 e. The third-order valence-electron chi connectivity index (χ3n) is 5.77. The molecule has 0 saturated carbocycles. The van der Waals surface area contributed by atoms with Crippen molar-refractivity contribution in [3.63, 3.8) is 0 Å². The fourth-order valence-corrected chi connectivity index (χ4v) is 5.49. The van der Waals surface area contributed by atoms with Gasteiger partial charge in [-0.25, -0.2) is 10.2 Å². The van der Waals surface area contributed by atoms with Crippen molar-refractivity contribution in [2.45, 2.75) is 0 Å². The maximum absolute atomic E-state index is 13.3. The van der Waals surface area contributed by atoms with Crippen molar-refractivity contribution in [2.75, 3.05) is 0 Å². The number of nitrogens with one attached hydrogen (secondary N) is 2. The summed E-state index contributed by atoms with van der Waals surface area (Å²) >= 11 is 17.7. The summed E-state index contributed by atoms with van der Waals surface area (Å²) in [6.45, 7) is 0. The lowest BCUT2D eigenvalue weighted by Crippen LogP contribution is -2.19. The molecule has 0 aliphatic rings. The molecule has 1 aromatic heterocycles. The highest BCUT2D eigenvalue weighted by atomic mass is 127. The Morgan fingerprint density at radius 3 is 2.54 bits per heavy atom. The number of ether oxygens (including phenoxy) is 1. The van der Waals surface area contributed by atoms with Crippen molar-refractivity contribution in [1.82, 2.24) is 10.4 Å². The topological polar surface area (TPSA) is 83.5 Å². The Hall–Kier alpha value is -3.18. The fraction of sp³-hybridized carbons (Fsp3) is 0. The van der Waals surface area contributed by atoms with E-state index in [1.165, 1.54) is 18.3 Å². The summed E-state index contributed by atoms with van der Waals surface area (Å²) < 4.78 is 7.31. The molecule has 10 heteroatoms. The number of hydrazone groups is 1. The van der Waals surface area contributed by atoms with Gasteiger partial charge in [-0.1, -0.05) is 81.6 Å². The Balaban J connectivity index is 1.42. The predicted octanol–water partition coefficient (Wildman–Crippen LogP) is 8.49. The van der Waals surface area contributed by atoms with Gasteiger partial charge in [-0.3, -0.25) is 4.79 Å². The highest BCUT2D eigenvalue weighted by Crippen LogP contribution is 2.34. The van der Waals surface area contributed by atoms with Gasteiger partial charge >= 0.3 is 5.97 Å². The summed E-state index contributed by atoms with van der Waals surface area (Å²) in [7, 11) is 0. The Morgan fingerprint density at radius 2 is 1.77 bits per heavy atom. The van der Waals surface area contributed by atoms with Gasteiger partial charge in [0.25, 0.3) is 5.91 Å². The van der Waals surface area contributed by atoms with E-state index in [1.807, 2.05) is 48.5 Å². The first-order valence-electron chi connectivity index (χ1n) is 11.5. The molecule has 0 radical (unpaired) electrons. The number of para-hydroxylation sites is 1. The standard InChI is InChI=1S/C29H17BrCl2IN3O3/c30-18-9-12-24(39-29(38)20-11-10-19(31)14-22(20)32)17(13-18)15-34-36-28(37)27-25(16-5-2-1-3-6-16)21-7-4-8-23(33)26(21)35-27/h1-15,35H,(H,36,37). The first kappa shape index (κ1) is 27.4. The molecule has 0 spiro atoms. The number of hydrogen-bond acceptors (Lipinski definition) is 4. The van der Waals surface area contributed by atoms with Crippen molar-refractivity contribution < 1.29 is 14.3 Å². The van der Waals surface area contributed by atoms with Crippen molar-refractivity contribution in [3.05, 3.63) is 120 Å². The Morgan fingerprint density at radius 1 is 0.974 bits per heavy atom.